The molecule has 0 spiro atoms. The molecule has 2 aliphatic rings. The van der Waals surface area contributed by atoms with Crippen LogP contribution in [0.3, 0.4) is 0 Å². The zero-order valence-corrected chi connectivity index (χ0v) is 22.9. The van der Waals surface area contributed by atoms with Gasteiger partial charge in [-0.1, -0.05) is 42.5 Å². The molecule has 208 valence electrons. The number of amides is 1. The molecule has 1 aliphatic heterocycles. The van der Waals surface area contributed by atoms with Crippen LogP contribution in [0.1, 0.15) is 31.4 Å². The largest absolute Gasteiger partial charge is 0.489 e. The predicted molar refractivity (Wildman–Crippen MR) is 155 cm³/mol. The molecule has 0 radical (unpaired) electrons. The van der Waals surface area contributed by atoms with E-state index in [9.17, 15) is 4.79 Å². The van der Waals surface area contributed by atoms with Gasteiger partial charge in [-0.15, -0.1) is 0 Å². The first kappa shape index (κ1) is 26.1. The van der Waals surface area contributed by atoms with Gasteiger partial charge in [0, 0.05) is 50.5 Å². The van der Waals surface area contributed by atoms with Gasteiger partial charge in [0.1, 0.15) is 30.1 Å². The molecule has 0 atom stereocenters. The zero-order chi connectivity index (χ0) is 27.5. The van der Waals surface area contributed by atoms with Gasteiger partial charge in [-0.25, -0.2) is 14.8 Å². The summed E-state index contributed by atoms with van der Waals surface area (Å²) >= 11 is 0. The molecule has 2 N–H and O–H groups in total. The van der Waals surface area contributed by atoms with Gasteiger partial charge in [0.25, 0.3) is 0 Å². The summed E-state index contributed by atoms with van der Waals surface area (Å²) < 4.78 is 13.5. The van der Waals surface area contributed by atoms with Crippen molar-refractivity contribution in [2.75, 3.05) is 45.1 Å². The molecule has 9 heteroatoms. The highest BCUT2D eigenvalue weighted by molar-refractivity contribution is 6.00. The Hall–Kier alpha value is -4.11. The van der Waals surface area contributed by atoms with Crippen LogP contribution in [0.5, 0.6) is 5.75 Å². The van der Waals surface area contributed by atoms with Crippen LogP contribution in [0, 0.1) is 5.92 Å². The van der Waals surface area contributed by atoms with Crippen LogP contribution < -0.4 is 10.5 Å². The third-order valence-corrected chi connectivity index (χ3v) is 8.05. The monoisotopic (exact) mass is 540 g/mol. The number of rotatable bonds is 8. The Morgan fingerprint density at radius 3 is 2.60 bits per heavy atom. The van der Waals surface area contributed by atoms with E-state index in [2.05, 4.69) is 49.9 Å². The van der Waals surface area contributed by atoms with Crippen molar-refractivity contribution in [3.63, 3.8) is 0 Å². The molecule has 2 aromatic carbocycles. The maximum atomic E-state index is 12.0. The van der Waals surface area contributed by atoms with Gasteiger partial charge < -0.3 is 24.7 Å². The molecule has 1 aliphatic carbocycles. The van der Waals surface area contributed by atoms with E-state index >= 15 is 0 Å². The predicted octanol–water partition coefficient (Wildman–Crippen LogP) is 4.98. The number of piperazine rings is 1. The average molecular weight is 541 g/mol. The number of nitrogen functional groups attached to an aromatic ring is 1. The quantitative estimate of drug-likeness (QED) is 0.336. The molecule has 1 amide bonds. The Kier molecular flexibility index (Phi) is 7.55. The van der Waals surface area contributed by atoms with E-state index in [1.54, 1.807) is 6.33 Å². The number of aromatic nitrogens is 3. The van der Waals surface area contributed by atoms with Crippen LogP contribution >= 0.6 is 0 Å². The molecule has 2 aromatic heterocycles. The second kappa shape index (κ2) is 11.6. The molecule has 1 saturated carbocycles. The summed E-state index contributed by atoms with van der Waals surface area (Å²) in [6, 6.07) is 18.7. The van der Waals surface area contributed by atoms with E-state index in [-0.39, 0.29) is 6.09 Å². The molecule has 9 nitrogen and oxygen atoms in total. The number of hydrogen-bond acceptors (Lipinski definition) is 7. The van der Waals surface area contributed by atoms with Crippen molar-refractivity contribution >= 4 is 22.9 Å². The van der Waals surface area contributed by atoms with E-state index < -0.39 is 0 Å². The minimum absolute atomic E-state index is 0.198. The summed E-state index contributed by atoms with van der Waals surface area (Å²) in [4.78, 5) is 25.2. The highest BCUT2D eigenvalue weighted by Crippen LogP contribution is 2.43. The molecule has 4 aromatic rings. The fourth-order valence-corrected chi connectivity index (χ4v) is 5.87. The van der Waals surface area contributed by atoms with Crippen molar-refractivity contribution < 1.29 is 14.3 Å². The Labute approximate surface area is 234 Å². The molecule has 2 fully saturated rings. The summed E-state index contributed by atoms with van der Waals surface area (Å²) in [5.74, 6) is 1.92. The number of ether oxygens (including phenoxy) is 2. The standard InChI is InChI=1S/C31H36N6O3/c1-2-39-31(38)36-13-11-35(12-14-36)18-23-15-25(16-23)37-19-27(28-29(32)33-21-34-30(28)37)24-9-6-10-26(17-24)40-20-22-7-4-3-5-8-22/h3-10,17,19,21,23,25H,2,11-16,18,20H2,1H3,(H2,32,33,34). The van der Waals surface area contributed by atoms with Crippen LogP contribution in [0.4, 0.5) is 10.6 Å². The maximum absolute atomic E-state index is 12.0. The fourth-order valence-electron chi connectivity index (χ4n) is 5.87. The Bertz CT molecular complexity index is 1460. The van der Waals surface area contributed by atoms with E-state index in [0.717, 1.165) is 79.0 Å². The average Bonchev–Trinajstić information content (AvgIpc) is 3.35. The van der Waals surface area contributed by atoms with Crippen LogP contribution in [0.15, 0.2) is 67.1 Å². The summed E-state index contributed by atoms with van der Waals surface area (Å²) in [6.07, 6.45) is 5.72. The van der Waals surface area contributed by atoms with Gasteiger partial charge in [0.2, 0.25) is 0 Å². The van der Waals surface area contributed by atoms with Crippen LogP contribution in [0.25, 0.3) is 22.2 Å². The van der Waals surface area contributed by atoms with Gasteiger partial charge in [-0.05, 0) is 48.9 Å². The fraction of sp³-hybridized carbons (Fsp3) is 0.387. The van der Waals surface area contributed by atoms with Crippen LogP contribution in [-0.2, 0) is 11.3 Å². The van der Waals surface area contributed by atoms with Gasteiger partial charge in [-0.3, -0.25) is 4.90 Å². The van der Waals surface area contributed by atoms with Crippen molar-refractivity contribution in [2.24, 2.45) is 5.92 Å². The lowest BCUT2D eigenvalue weighted by Gasteiger charge is -2.41. The molecule has 6 rings (SSSR count). The normalized spacial score (nSPS) is 19.4. The number of nitrogens with two attached hydrogens (primary N) is 1. The number of carbonyl (C=O) groups is 1. The third kappa shape index (κ3) is 5.47. The second-order valence-electron chi connectivity index (χ2n) is 10.7. The molecule has 3 heterocycles. The Balaban J connectivity index is 1.13. The second-order valence-corrected chi connectivity index (χ2v) is 10.7. The van der Waals surface area contributed by atoms with Crippen molar-refractivity contribution in [2.45, 2.75) is 32.4 Å². The number of fused-ring (bicyclic) bond motifs is 1. The number of benzene rings is 2. The summed E-state index contributed by atoms with van der Waals surface area (Å²) in [6.45, 7) is 7.07. The smallest absolute Gasteiger partial charge is 0.409 e. The van der Waals surface area contributed by atoms with Gasteiger partial charge in [0.05, 0.1) is 12.0 Å². The Morgan fingerprint density at radius 2 is 1.82 bits per heavy atom. The molecular weight excluding hydrogens is 504 g/mol. The topological polar surface area (TPSA) is 98.7 Å². The number of anilines is 1. The van der Waals surface area contributed by atoms with E-state index in [1.165, 1.54) is 0 Å². The Morgan fingerprint density at radius 1 is 1.02 bits per heavy atom. The van der Waals surface area contributed by atoms with Crippen LogP contribution in [0.2, 0.25) is 0 Å². The molecule has 0 bridgehead atoms. The van der Waals surface area contributed by atoms with Crippen molar-refractivity contribution in [1.82, 2.24) is 24.3 Å². The van der Waals surface area contributed by atoms with E-state index in [4.69, 9.17) is 15.2 Å². The van der Waals surface area contributed by atoms with Crippen molar-refractivity contribution in [3.05, 3.63) is 72.7 Å². The lowest BCUT2D eigenvalue weighted by atomic mass is 9.79. The van der Waals surface area contributed by atoms with Crippen molar-refractivity contribution in [1.29, 1.82) is 0 Å². The molecule has 40 heavy (non-hydrogen) atoms. The summed E-state index contributed by atoms with van der Waals surface area (Å²) in [5, 5.41) is 0.890. The first-order chi connectivity index (χ1) is 19.6. The zero-order valence-electron chi connectivity index (χ0n) is 22.9. The highest BCUT2D eigenvalue weighted by Gasteiger charge is 2.34. The third-order valence-electron chi connectivity index (χ3n) is 8.05. The highest BCUT2D eigenvalue weighted by atomic mass is 16.6. The summed E-state index contributed by atoms with van der Waals surface area (Å²) in [5.41, 5.74) is 10.5. The SMILES string of the molecule is CCOC(=O)N1CCN(CC2CC(n3cc(-c4cccc(OCc5ccccc5)c4)c4c(N)ncnc43)C2)CC1. The number of carbonyl (C=O) groups excluding carboxylic acids is 1. The molecule has 0 unspecified atom stereocenters. The lowest BCUT2D eigenvalue weighted by Crippen LogP contribution is -2.50. The van der Waals surface area contributed by atoms with Crippen molar-refractivity contribution in [3.8, 4) is 16.9 Å². The molecule has 1 saturated heterocycles. The first-order valence-electron chi connectivity index (χ1n) is 14.1. The maximum Gasteiger partial charge on any atom is 0.409 e. The van der Waals surface area contributed by atoms with Gasteiger partial charge in [-0.2, -0.15) is 0 Å². The van der Waals surface area contributed by atoms with Gasteiger partial charge in [0.15, 0.2) is 0 Å². The number of hydrogen-bond donors (Lipinski definition) is 1. The minimum Gasteiger partial charge on any atom is -0.489 e. The summed E-state index contributed by atoms with van der Waals surface area (Å²) in [7, 11) is 0. The number of nitrogens with zero attached hydrogens (tertiary/aromatic N) is 5. The lowest BCUT2D eigenvalue weighted by molar-refractivity contribution is 0.0627. The van der Waals surface area contributed by atoms with Gasteiger partial charge >= 0.3 is 6.09 Å². The van der Waals surface area contributed by atoms with E-state index in [1.807, 2.05) is 42.2 Å². The molecular formula is C31H36N6O3. The minimum atomic E-state index is -0.198. The van der Waals surface area contributed by atoms with Crippen LogP contribution in [-0.4, -0.2) is 69.8 Å². The first-order valence-corrected chi connectivity index (χ1v) is 14.1. The van der Waals surface area contributed by atoms with E-state index in [0.29, 0.717) is 31.0 Å².